The number of carbonyl (C=O) groups excluding carboxylic acids is 1. The van der Waals surface area contributed by atoms with Crippen LogP contribution in [0.2, 0.25) is 0 Å². The van der Waals surface area contributed by atoms with Crippen molar-refractivity contribution in [3.8, 4) is 0 Å². The summed E-state index contributed by atoms with van der Waals surface area (Å²) in [6.45, 7) is 2.16. The van der Waals surface area contributed by atoms with E-state index >= 15 is 0 Å². The second kappa shape index (κ2) is 4.31. The van der Waals surface area contributed by atoms with Gasteiger partial charge in [-0.05, 0) is 19.1 Å². The summed E-state index contributed by atoms with van der Waals surface area (Å²) in [6.07, 6.45) is -1.32. The molecule has 3 nitrogen and oxygen atoms in total. The van der Waals surface area contributed by atoms with Crippen LogP contribution in [-0.2, 0) is 9.53 Å². The van der Waals surface area contributed by atoms with Crippen molar-refractivity contribution in [3.05, 3.63) is 29.8 Å². The Morgan fingerprint density at radius 3 is 2.59 bits per heavy atom. The maximum atomic E-state index is 12.9. The third kappa shape index (κ3) is 2.72. The van der Waals surface area contributed by atoms with Crippen molar-refractivity contribution in [2.24, 2.45) is 0 Å². The van der Waals surface area contributed by atoms with Crippen molar-refractivity contribution in [2.45, 2.75) is 25.4 Å². The Balaban J connectivity index is 1.88. The van der Waals surface area contributed by atoms with Gasteiger partial charge in [0, 0.05) is 5.69 Å². The predicted octanol–water partition coefficient (Wildman–Crippen LogP) is 2.36. The van der Waals surface area contributed by atoms with E-state index in [0.717, 1.165) is 11.3 Å². The summed E-state index contributed by atoms with van der Waals surface area (Å²) in [6, 6.07) is 7.53. The molecule has 1 fully saturated rings. The maximum Gasteiger partial charge on any atom is 0.377 e. The molecular formula is C12H13F2NO2. The van der Waals surface area contributed by atoms with E-state index < -0.39 is 24.4 Å². The first-order valence-corrected chi connectivity index (χ1v) is 5.37. The molecule has 0 amide bonds. The minimum absolute atomic E-state index is 0.199. The van der Waals surface area contributed by atoms with Crippen LogP contribution in [0.3, 0.4) is 0 Å². The molecule has 1 aliphatic heterocycles. The van der Waals surface area contributed by atoms with E-state index in [1.54, 1.807) is 0 Å². The number of carbonyl (C=O) groups is 1. The van der Waals surface area contributed by atoms with Gasteiger partial charge in [-0.1, -0.05) is 17.7 Å². The molecule has 0 aromatic heterocycles. The Hall–Kier alpha value is -1.65. The van der Waals surface area contributed by atoms with Crippen LogP contribution in [0.15, 0.2) is 24.3 Å². The van der Waals surface area contributed by atoms with Crippen LogP contribution in [0.5, 0.6) is 0 Å². The summed E-state index contributed by atoms with van der Waals surface area (Å²) in [5, 5.41) is 2.96. The number of cyclic esters (lactones) is 1. The first kappa shape index (κ1) is 11.8. The van der Waals surface area contributed by atoms with Crippen molar-refractivity contribution in [3.63, 3.8) is 0 Å². The van der Waals surface area contributed by atoms with Gasteiger partial charge in [0.15, 0.2) is 0 Å². The van der Waals surface area contributed by atoms with Gasteiger partial charge in [-0.3, -0.25) is 0 Å². The monoisotopic (exact) mass is 241 g/mol. The summed E-state index contributed by atoms with van der Waals surface area (Å²) in [7, 11) is 0. The van der Waals surface area contributed by atoms with Crippen molar-refractivity contribution in [1.29, 1.82) is 0 Å². The molecule has 0 saturated carbocycles. The zero-order valence-corrected chi connectivity index (χ0v) is 9.37. The normalized spacial score (nSPS) is 22.3. The second-order valence-electron chi connectivity index (χ2n) is 4.18. The molecule has 0 aliphatic carbocycles. The minimum Gasteiger partial charge on any atom is -0.456 e. The fourth-order valence-electron chi connectivity index (χ4n) is 1.67. The Morgan fingerprint density at radius 2 is 2.06 bits per heavy atom. The number of aryl methyl sites for hydroxylation is 1. The van der Waals surface area contributed by atoms with E-state index in [4.69, 9.17) is 0 Å². The Kier molecular flexibility index (Phi) is 3.00. The number of hydrogen-bond donors (Lipinski definition) is 1. The standard InChI is InChI=1S/C12H13F2NO2/c1-8-2-4-9(5-3-8)15-7-10-6-12(13,14)11(16)17-10/h2-5,10,15H,6-7H2,1H3. The molecule has 0 radical (unpaired) electrons. The zero-order chi connectivity index (χ0) is 12.5. The second-order valence-corrected chi connectivity index (χ2v) is 4.18. The van der Waals surface area contributed by atoms with Crippen LogP contribution in [0.1, 0.15) is 12.0 Å². The smallest absolute Gasteiger partial charge is 0.377 e. The molecule has 0 spiro atoms. The molecule has 1 aromatic rings. The van der Waals surface area contributed by atoms with Crippen molar-refractivity contribution < 1.29 is 18.3 Å². The van der Waals surface area contributed by atoms with E-state index in [1.165, 1.54) is 0 Å². The fourth-order valence-corrected chi connectivity index (χ4v) is 1.67. The van der Waals surface area contributed by atoms with Gasteiger partial charge in [0.25, 0.3) is 0 Å². The van der Waals surface area contributed by atoms with Crippen LogP contribution in [0, 0.1) is 6.92 Å². The molecule has 1 heterocycles. The molecule has 92 valence electrons. The fraction of sp³-hybridized carbons (Fsp3) is 0.417. The number of esters is 1. The molecule has 1 saturated heterocycles. The molecular weight excluding hydrogens is 228 g/mol. The molecule has 0 bridgehead atoms. The van der Waals surface area contributed by atoms with E-state index in [2.05, 4.69) is 10.1 Å². The van der Waals surface area contributed by atoms with Gasteiger partial charge >= 0.3 is 11.9 Å². The number of ether oxygens (including phenoxy) is 1. The topological polar surface area (TPSA) is 38.3 Å². The van der Waals surface area contributed by atoms with Gasteiger partial charge in [-0.25, -0.2) is 4.79 Å². The number of hydrogen-bond acceptors (Lipinski definition) is 3. The average molecular weight is 241 g/mol. The van der Waals surface area contributed by atoms with Crippen LogP contribution in [-0.4, -0.2) is 24.5 Å². The molecule has 1 aromatic carbocycles. The van der Waals surface area contributed by atoms with Crippen LogP contribution < -0.4 is 5.32 Å². The number of nitrogens with one attached hydrogen (secondary N) is 1. The van der Waals surface area contributed by atoms with Crippen molar-refractivity contribution in [1.82, 2.24) is 0 Å². The first-order chi connectivity index (χ1) is 7.97. The highest BCUT2D eigenvalue weighted by Crippen LogP contribution is 2.30. The van der Waals surface area contributed by atoms with Gasteiger partial charge in [0.2, 0.25) is 0 Å². The molecule has 1 unspecified atom stereocenters. The highest BCUT2D eigenvalue weighted by atomic mass is 19.3. The number of rotatable bonds is 3. The largest absolute Gasteiger partial charge is 0.456 e. The average Bonchev–Trinajstić information content (AvgIpc) is 2.52. The van der Waals surface area contributed by atoms with Crippen molar-refractivity contribution in [2.75, 3.05) is 11.9 Å². The van der Waals surface area contributed by atoms with Crippen LogP contribution >= 0.6 is 0 Å². The van der Waals surface area contributed by atoms with Gasteiger partial charge in [0.05, 0.1) is 13.0 Å². The predicted molar refractivity (Wildman–Crippen MR) is 59.1 cm³/mol. The Morgan fingerprint density at radius 1 is 1.41 bits per heavy atom. The summed E-state index contributed by atoms with van der Waals surface area (Å²) >= 11 is 0. The highest BCUT2D eigenvalue weighted by molar-refractivity contribution is 5.79. The third-order valence-electron chi connectivity index (χ3n) is 2.64. The number of alkyl halides is 2. The first-order valence-electron chi connectivity index (χ1n) is 5.37. The van der Waals surface area contributed by atoms with Gasteiger partial charge in [-0.15, -0.1) is 0 Å². The van der Waals surface area contributed by atoms with Crippen LogP contribution in [0.4, 0.5) is 14.5 Å². The SMILES string of the molecule is Cc1ccc(NCC2CC(F)(F)C(=O)O2)cc1. The lowest BCUT2D eigenvalue weighted by Crippen LogP contribution is -2.22. The molecule has 2 rings (SSSR count). The van der Waals surface area contributed by atoms with Gasteiger partial charge < -0.3 is 10.1 Å². The molecule has 1 atom stereocenters. The van der Waals surface area contributed by atoms with E-state index in [0.29, 0.717) is 0 Å². The minimum atomic E-state index is -3.33. The summed E-state index contributed by atoms with van der Waals surface area (Å²) in [5.74, 6) is -4.76. The molecule has 1 aliphatic rings. The number of benzene rings is 1. The van der Waals surface area contributed by atoms with E-state index in [1.807, 2.05) is 31.2 Å². The Labute approximate surface area is 97.8 Å². The molecule has 17 heavy (non-hydrogen) atoms. The lowest BCUT2D eigenvalue weighted by molar-refractivity contribution is -0.158. The Bertz CT molecular complexity index is 417. The van der Waals surface area contributed by atoms with E-state index in [-0.39, 0.29) is 6.54 Å². The van der Waals surface area contributed by atoms with Crippen LogP contribution in [0.25, 0.3) is 0 Å². The molecule has 5 heteroatoms. The van der Waals surface area contributed by atoms with Gasteiger partial charge in [-0.2, -0.15) is 8.78 Å². The summed E-state index contributed by atoms with van der Waals surface area (Å²) in [5.41, 5.74) is 1.94. The van der Waals surface area contributed by atoms with Crippen molar-refractivity contribution >= 4 is 11.7 Å². The highest BCUT2D eigenvalue weighted by Gasteiger charge is 2.50. The summed E-state index contributed by atoms with van der Waals surface area (Å²) < 4.78 is 30.3. The number of halogens is 2. The third-order valence-corrected chi connectivity index (χ3v) is 2.64. The number of anilines is 1. The lowest BCUT2D eigenvalue weighted by atomic mass is 10.2. The molecule has 1 N–H and O–H groups in total. The quantitative estimate of drug-likeness (QED) is 0.825. The summed E-state index contributed by atoms with van der Waals surface area (Å²) in [4.78, 5) is 10.8. The maximum absolute atomic E-state index is 12.9. The van der Waals surface area contributed by atoms with Gasteiger partial charge in [0.1, 0.15) is 6.10 Å². The lowest BCUT2D eigenvalue weighted by Gasteiger charge is -2.11. The zero-order valence-electron chi connectivity index (χ0n) is 9.37. The van der Waals surface area contributed by atoms with E-state index in [9.17, 15) is 13.6 Å².